The second kappa shape index (κ2) is 7.45. The Balaban J connectivity index is 1.86. The molecule has 0 aromatic rings. The predicted molar refractivity (Wildman–Crippen MR) is 66.2 cm³/mol. The molecule has 1 saturated carbocycles. The number of carbonyl (C=O) groups excluding carboxylic acids is 1. The van der Waals surface area contributed by atoms with Crippen molar-refractivity contribution in [2.24, 2.45) is 5.92 Å². The van der Waals surface area contributed by atoms with Gasteiger partial charge in [-0.2, -0.15) is 0 Å². The Bertz CT molecular complexity index is 170. The van der Waals surface area contributed by atoms with E-state index >= 15 is 0 Å². The number of hydrogen-bond donors (Lipinski definition) is 2. The average Bonchev–Trinajstić information content (AvgIpc) is 2.69. The Kier molecular flexibility index (Phi) is 6.51. The average molecular weight is 310 g/mol. The maximum atomic E-state index is 10.9. The molecule has 3 nitrogen and oxygen atoms in total. The molecule has 1 amide bonds. The van der Waals surface area contributed by atoms with Gasteiger partial charge in [-0.25, -0.2) is 0 Å². The summed E-state index contributed by atoms with van der Waals surface area (Å²) in [5, 5.41) is 3.31. The second-order valence-electron chi connectivity index (χ2n) is 3.96. The van der Waals surface area contributed by atoms with E-state index in [9.17, 15) is 4.79 Å². The fourth-order valence-corrected chi connectivity index (χ4v) is 2.25. The van der Waals surface area contributed by atoms with E-state index in [1.807, 2.05) is 22.9 Å². The lowest BCUT2D eigenvalue weighted by Crippen LogP contribution is -2.23. The molecule has 82 valence electrons. The standard InChI is InChI=1S/C10H19IN2O/c11-13-10(14)6-8-12-7-5-9-3-1-2-4-9/h9,12H,1-8H2,(H,13,14). The topological polar surface area (TPSA) is 41.1 Å². The van der Waals surface area contributed by atoms with Crippen LogP contribution in [0.1, 0.15) is 38.5 Å². The van der Waals surface area contributed by atoms with Crippen LogP contribution in [0, 0.1) is 5.92 Å². The highest BCUT2D eigenvalue weighted by molar-refractivity contribution is 14.1. The molecule has 1 aliphatic carbocycles. The molecule has 2 N–H and O–H groups in total. The number of hydrogen-bond acceptors (Lipinski definition) is 2. The van der Waals surface area contributed by atoms with Crippen molar-refractivity contribution in [3.8, 4) is 0 Å². The lowest BCUT2D eigenvalue weighted by Gasteiger charge is -2.08. The third-order valence-corrected chi connectivity index (χ3v) is 3.44. The summed E-state index contributed by atoms with van der Waals surface area (Å²) >= 11 is 1.88. The smallest absolute Gasteiger partial charge is 0.229 e. The molecule has 14 heavy (non-hydrogen) atoms. The SMILES string of the molecule is O=C(CCNCCC1CCCC1)NI. The molecule has 0 radical (unpaired) electrons. The number of amides is 1. The molecule has 1 rings (SSSR count). The first-order valence-electron chi connectivity index (χ1n) is 5.43. The Morgan fingerprint density at radius 1 is 1.29 bits per heavy atom. The van der Waals surface area contributed by atoms with E-state index in [1.54, 1.807) is 0 Å². The van der Waals surface area contributed by atoms with E-state index in [0.29, 0.717) is 6.42 Å². The van der Waals surface area contributed by atoms with Crippen LogP contribution in [0.3, 0.4) is 0 Å². The monoisotopic (exact) mass is 310 g/mol. The van der Waals surface area contributed by atoms with Gasteiger partial charge in [0.1, 0.15) is 0 Å². The summed E-state index contributed by atoms with van der Waals surface area (Å²) in [7, 11) is 0. The van der Waals surface area contributed by atoms with Crippen molar-refractivity contribution in [3.63, 3.8) is 0 Å². The largest absolute Gasteiger partial charge is 0.316 e. The second-order valence-corrected chi connectivity index (χ2v) is 4.50. The summed E-state index contributed by atoms with van der Waals surface area (Å²) in [6, 6.07) is 0. The van der Waals surface area contributed by atoms with Gasteiger partial charge in [-0.15, -0.1) is 0 Å². The van der Waals surface area contributed by atoms with Crippen LogP contribution in [0.4, 0.5) is 0 Å². The molecule has 0 saturated heterocycles. The van der Waals surface area contributed by atoms with E-state index in [-0.39, 0.29) is 5.91 Å². The highest BCUT2D eigenvalue weighted by Gasteiger charge is 2.13. The molecule has 0 bridgehead atoms. The van der Waals surface area contributed by atoms with Crippen LogP contribution >= 0.6 is 22.9 Å². The van der Waals surface area contributed by atoms with Crippen molar-refractivity contribution in [1.82, 2.24) is 8.85 Å². The maximum Gasteiger partial charge on any atom is 0.229 e. The molecule has 0 atom stereocenters. The van der Waals surface area contributed by atoms with Gasteiger partial charge in [0.05, 0.1) is 22.9 Å². The molecule has 4 heteroatoms. The zero-order valence-corrected chi connectivity index (χ0v) is 10.7. The quantitative estimate of drug-likeness (QED) is 0.448. The van der Waals surface area contributed by atoms with E-state index in [0.717, 1.165) is 19.0 Å². The Morgan fingerprint density at radius 2 is 2.00 bits per heavy atom. The van der Waals surface area contributed by atoms with Crippen LogP contribution in [0.5, 0.6) is 0 Å². The summed E-state index contributed by atoms with van der Waals surface area (Å²) in [5.41, 5.74) is 0. The first kappa shape index (κ1) is 12.2. The van der Waals surface area contributed by atoms with Gasteiger partial charge in [0, 0.05) is 13.0 Å². The Hall–Kier alpha value is 0.160. The molecule has 0 aromatic heterocycles. The van der Waals surface area contributed by atoms with Gasteiger partial charge in [0.25, 0.3) is 0 Å². The van der Waals surface area contributed by atoms with Crippen LogP contribution in [-0.4, -0.2) is 19.0 Å². The lowest BCUT2D eigenvalue weighted by atomic mass is 10.0. The zero-order valence-electron chi connectivity index (χ0n) is 8.52. The first-order chi connectivity index (χ1) is 6.83. The number of rotatable bonds is 6. The van der Waals surface area contributed by atoms with Crippen LogP contribution in [0.2, 0.25) is 0 Å². The van der Waals surface area contributed by atoms with Crippen molar-refractivity contribution in [2.45, 2.75) is 38.5 Å². The lowest BCUT2D eigenvalue weighted by molar-refractivity contribution is -0.118. The fraction of sp³-hybridized carbons (Fsp3) is 0.900. The van der Waals surface area contributed by atoms with Gasteiger partial charge in [-0.05, 0) is 18.9 Å². The number of halogens is 1. The van der Waals surface area contributed by atoms with Crippen LogP contribution in [-0.2, 0) is 4.79 Å². The summed E-state index contributed by atoms with van der Waals surface area (Å²) in [6.45, 7) is 1.88. The number of nitrogens with one attached hydrogen (secondary N) is 2. The highest BCUT2D eigenvalue weighted by atomic mass is 127. The highest BCUT2D eigenvalue weighted by Crippen LogP contribution is 2.26. The molecule has 0 aromatic carbocycles. The molecule has 1 fully saturated rings. The molecular formula is C10H19IN2O. The van der Waals surface area contributed by atoms with E-state index < -0.39 is 0 Å². The van der Waals surface area contributed by atoms with Gasteiger partial charge in [0.2, 0.25) is 5.91 Å². The normalized spacial score (nSPS) is 17.2. The van der Waals surface area contributed by atoms with E-state index in [1.165, 1.54) is 32.1 Å². The van der Waals surface area contributed by atoms with Crippen molar-refractivity contribution in [2.75, 3.05) is 13.1 Å². The number of carbonyl (C=O) groups is 1. The van der Waals surface area contributed by atoms with Crippen molar-refractivity contribution in [3.05, 3.63) is 0 Å². The summed E-state index contributed by atoms with van der Waals surface area (Å²) in [4.78, 5) is 10.9. The van der Waals surface area contributed by atoms with Gasteiger partial charge in [-0.1, -0.05) is 25.7 Å². The summed E-state index contributed by atoms with van der Waals surface area (Å²) in [6.07, 6.45) is 7.54. The van der Waals surface area contributed by atoms with Crippen molar-refractivity contribution >= 4 is 28.8 Å². The van der Waals surface area contributed by atoms with E-state index in [4.69, 9.17) is 0 Å². The van der Waals surface area contributed by atoms with Crippen molar-refractivity contribution < 1.29 is 4.79 Å². The maximum absolute atomic E-state index is 10.9. The fourth-order valence-electron chi connectivity index (χ4n) is 1.98. The van der Waals surface area contributed by atoms with Crippen LogP contribution in [0.25, 0.3) is 0 Å². The van der Waals surface area contributed by atoms with Gasteiger partial charge in [0.15, 0.2) is 0 Å². The molecule has 0 aliphatic heterocycles. The minimum Gasteiger partial charge on any atom is -0.316 e. The van der Waals surface area contributed by atoms with Gasteiger partial charge >= 0.3 is 0 Å². The van der Waals surface area contributed by atoms with Crippen LogP contribution < -0.4 is 8.85 Å². The summed E-state index contributed by atoms with van der Waals surface area (Å²) < 4.78 is 2.59. The third-order valence-electron chi connectivity index (χ3n) is 2.84. The summed E-state index contributed by atoms with van der Waals surface area (Å²) in [5.74, 6) is 1.06. The van der Waals surface area contributed by atoms with Crippen molar-refractivity contribution in [1.29, 1.82) is 0 Å². The predicted octanol–water partition coefficient (Wildman–Crippen LogP) is 2.01. The molecular weight excluding hydrogens is 291 g/mol. The third kappa shape index (κ3) is 5.14. The minimum absolute atomic E-state index is 0.110. The Morgan fingerprint density at radius 3 is 2.64 bits per heavy atom. The minimum atomic E-state index is 0.110. The molecule has 0 spiro atoms. The zero-order chi connectivity index (χ0) is 10.2. The van der Waals surface area contributed by atoms with Gasteiger partial charge < -0.3 is 5.32 Å². The first-order valence-corrected chi connectivity index (χ1v) is 6.51. The molecule has 0 heterocycles. The van der Waals surface area contributed by atoms with Crippen LogP contribution in [0.15, 0.2) is 0 Å². The van der Waals surface area contributed by atoms with E-state index in [2.05, 4.69) is 8.85 Å². The van der Waals surface area contributed by atoms with Gasteiger partial charge in [-0.3, -0.25) is 8.32 Å². The molecule has 0 unspecified atom stereocenters. The molecule has 1 aliphatic rings. The Labute approximate surface area is 99.9 Å².